The molecule has 1 unspecified atom stereocenters. The summed E-state index contributed by atoms with van der Waals surface area (Å²) in [5.41, 5.74) is 1.14. The largest absolute Gasteiger partial charge is 0.495 e. The smallest absolute Gasteiger partial charge is 0.137 e. The minimum absolute atomic E-state index is 0.230. The lowest BCUT2D eigenvalue weighted by Crippen LogP contribution is -2.26. The third-order valence-corrected chi connectivity index (χ3v) is 2.72. The van der Waals surface area contributed by atoms with Crippen LogP contribution < -0.4 is 10.1 Å². The minimum atomic E-state index is 0.230. The maximum absolute atomic E-state index is 6.04. The van der Waals surface area contributed by atoms with Gasteiger partial charge in [0.15, 0.2) is 0 Å². The first-order valence-electron chi connectivity index (χ1n) is 5.82. The molecule has 0 aliphatic carbocycles. The number of benzene rings is 1. The van der Waals surface area contributed by atoms with Crippen LogP contribution >= 0.6 is 11.6 Å². The number of hydrogen-bond donors (Lipinski definition) is 1. The Morgan fingerprint density at radius 2 is 2.18 bits per heavy atom. The third-order valence-electron chi connectivity index (χ3n) is 2.43. The van der Waals surface area contributed by atoms with Crippen molar-refractivity contribution in [2.45, 2.75) is 26.5 Å². The molecule has 0 aromatic heterocycles. The van der Waals surface area contributed by atoms with Gasteiger partial charge < -0.3 is 14.8 Å². The van der Waals surface area contributed by atoms with Crippen LogP contribution in [0.4, 0.5) is 0 Å². The Hall–Kier alpha value is -0.770. The van der Waals surface area contributed by atoms with Crippen LogP contribution in [0.15, 0.2) is 18.2 Å². The summed E-state index contributed by atoms with van der Waals surface area (Å²) in [5.74, 6) is 0.707. The minimum Gasteiger partial charge on any atom is -0.495 e. The van der Waals surface area contributed by atoms with E-state index in [4.69, 9.17) is 21.1 Å². The van der Waals surface area contributed by atoms with Gasteiger partial charge >= 0.3 is 0 Å². The van der Waals surface area contributed by atoms with E-state index in [0.717, 1.165) is 25.3 Å². The van der Waals surface area contributed by atoms with Crippen LogP contribution in [0.25, 0.3) is 0 Å². The predicted octanol–water partition coefficient (Wildman–Crippen LogP) is 2.86. The Kier molecular flexibility index (Phi) is 6.34. The molecule has 0 saturated carbocycles. The average molecular weight is 258 g/mol. The molecule has 1 atom stereocenters. The Morgan fingerprint density at radius 3 is 2.76 bits per heavy atom. The summed E-state index contributed by atoms with van der Waals surface area (Å²) in [5, 5.41) is 3.97. The zero-order valence-corrected chi connectivity index (χ0v) is 11.4. The molecule has 0 amide bonds. The molecular formula is C13H20ClNO2. The fourth-order valence-electron chi connectivity index (χ4n) is 1.58. The van der Waals surface area contributed by atoms with Crippen molar-refractivity contribution in [3.63, 3.8) is 0 Å². The fraction of sp³-hybridized carbons (Fsp3) is 0.538. The summed E-state index contributed by atoms with van der Waals surface area (Å²) >= 11 is 6.04. The highest BCUT2D eigenvalue weighted by atomic mass is 35.5. The number of halogens is 1. The Morgan fingerprint density at radius 1 is 1.41 bits per heavy atom. The fourth-order valence-corrected chi connectivity index (χ4v) is 1.86. The summed E-state index contributed by atoms with van der Waals surface area (Å²) in [6.07, 6.45) is 0.230. The lowest BCUT2D eigenvalue weighted by molar-refractivity contribution is 0.0759. The van der Waals surface area contributed by atoms with Crippen LogP contribution in [-0.4, -0.2) is 26.4 Å². The molecular weight excluding hydrogens is 238 g/mol. The molecule has 0 fully saturated rings. The van der Waals surface area contributed by atoms with Gasteiger partial charge in [0.25, 0.3) is 0 Å². The van der Waals surface area contributed by atoms with E-state index in [1.807, 2.05) is 25.1 Å². The van der Waals surface area contributed by atoms with Crippen LogP contribution in [-0.2, 0) is 11.3 Å². The SMILES string of the molecule is CCOC(C)CNCc1ccc(OC)c(Cl)c1. The molecule has 0 heterocycles. The molecule has 0 radical (unpaired) electrons. The van der Waals surface area contributed by atoms with Crippen molar-refractivity contribution in [2.75, 3.05) is 20.3 Å². The monoisotopic (exact) mass is 257 g/mol. The van der Waals surface area contributed by atoms with Gasteiger partial charge in [0.1, 0.15) is 5.75 Å². The quantitative estimate of drug-likeness (QED) is 0.815. The zero-order chi connectivity index (χ0) is 12.7. The molecule has 96 valence electrons. The van der Waals surface area contributed by atoms with Crippen LogP contribution in [0.5, 0.6) is 5.75 Å². The van der Waals surface area contributed by atoms with Crippen molar-refractivity contribution in [1.29, 1.82) is 0 Å². The van der Waals surface area contributed by atoms with E-state index < -0.39 is 0 Å². The van der Waals surface area contributed by atoms with Gasteiger partial charge in [-0.25, -0.2) is 0 Å². The molecule has 1 N–H and O–H groups in total. The Labute approximate surface area is 108 Å². The van der Waals surface area contributed by atoms with Crippen molar-refractivity contribution in [2.24, 2.45) is 0 Å². The number of rotatable bonds is 7. The van der Waals surface area contributed by atoms with Gasteiger partial charge in [-0.2, -0.15) is 0 Å². The topological polar surface area (TPSA) is 30.5 Å². The van der Waals surface area contributed by atoms with Crippen LogP contribution in [0, 0.1) is 0 Å². The average Bonchev–Trinajstić information content (AvgIpc) is 2.29. The summed E-state index contributed by atoms with van der Waals surface area (Å²) in [4.78, 5) is 0. The molecule has 3 nitrogen and oxygen atoms in total. The first kappa shape index (κ1) is 14.3. The standard InChI is InChI=1S/C13H20ClNO2/c1-4-17-10(2)8-15-9-11-5-6-13(16-3)12(14)7-11/h5-7,10,15H,4,8-9H2,1-3H3. The third kappa shape index (κ3) is 4.94. The second-order valence-electron chi connectivity index (χ2n) is 3.87. The second kappa shape index (κ2) is 7.54. The van der Waals surface area contributed by atoms with E-state index in [-0.39, 0.29) is 6.10 Å². The molecule has 0 aliphatic heterocycles. The molecule has 0 saturated heterocycles. The van der Waals surface area contributed by atoms with E-state index in [1.165, 1.54) is 0 Å². The van der Waals surface area contributed by atoms with Gasteiger partial charge in [-0.15, -0.1) is 0 Å². The Balaban J connectivity index is 2.39. The van der Waals surface area contributed by atoms with Gasteiger partial charge in [0.05, 0.1) is 18.2 Å². The lowest BCUT2D eigenvalue weighted by atomic mass is 10.2. The molecule has 17 heavy (non-hydrogen) atoms. The summed E-state index contributed by atoms with van der Waals surface area (Å²) < 4.78 is 10.5. The number of nitrogens with one attached hydrogen (secondary N) is 1. The summed E-state index contributed by atoms with van der Waals surface area (Å²) in [6, 6.07) is 5.80. The van der Waals surface area contributed by atoms with E-state index in [9.17, 15) is 0 Å². The Bertz CT molecular complexity index is 344. The first-order chi connectivity index (χ1) is 8.17. The second-order valence-corrected chi connectivity index (χ2v) is 4.27. The van der Waals surface area contributed by atoms with Crippen molar-refractivity contribution in [1.82, 2.24) is 5.32 Å². The molecule has 0 spiro atoms. The van der Waals surface area contributed by atoms with Crippen LogP contribution in [0.3, 0.4) is 0 Å². The lowest BCUT2D eigenvalue weighted by Gasteiger charge is -2.13. The van der Waals surface area contributed by atoms with Crippen molar-refractivity contribution in [3.05, 3.63) is 28.8 Å². The highest BCUT2D eigenvalue weighted by Crippen LogP contribution is 2.24. The van der Waals surface area contributed by atoms with E-state index in [1.54, 1.807) is 7.11 Å². The molecule has 1 rings (SSSR count). The van der Waals surface area contributed by atoms with Crippen molar-refractivity contribution in [3.8, 4) is 5.75 Å². The molecule has 1 aromatic rings. The number of ether oxygens (including phenoxy) is 2. The van der Waals surface area contributed by atoms with Gasteiger partial charge in [-0.3, -0.25) is 0 Å². The normalized spacial score (nSPS) is 12.5. The number of hydrogen-bond acceptors (Lipinski definition) is 3. The molecule has 0 aliphatic rings. The first-order valence-corrected chi connectivity index (χ1v) is 6.20. The van der Waals surface area contributed by atoms with E-state index in [2.05, 4.69) is 12.2 Å². The summed E-state index contributed by atoms with van der Waals surface area (Å²) in [6.45, 7) is 6.41. The van der Waals surface area contributed by atoms with Crippen molar-refractivity contribution >= 4 is 11.6 Å². The highest BCUT2D eigenvalue weighted by molar-refractivity contribution is 6.32. The molecule has 4 heteroatoms. The van der Waals surface area contributed by atoms with Crippen molar-refractivity contribution < 1.29 is 9.47 Å². The van der Waals surface area contributed by atoms with E-state index >= 15 is 0 Å². The van der Waals surface area contributed by atoms with Gasteiger partial charge in [-0.1, -0.05) is 17.7 Å². The van der Waals surface area contributed by atoms with Gasteiger partial charge in [0, 0.05) is 19.7 Å². The molecule has 0 bridgehead atoms. The van der Waals surface area contributed by atoms with E-state index in [0.29, 0.717) is 10.8 Å². The maximum Gasteiger partial charge on any atom is 0.137 e. The summed E-state index contributed by atoms with van der Waals surface area (Å²) in [7, 11) is 1.61. The maximum atomic E-state index is 6.04. The predicted molar refractivity (Wildman–Crippen MR) is 70.8 cm³/mol. The van der Waals surface area contributed by atoms with Gasteiger partial charge in [-0.05, 0) is 31.5 Å². The van der Waals surface area contributed by atoms with Crippen LogP contribution in [0.1, 0.15) is 19.4 Å². The highest BCUT2D eigenvalue weighted by Gasteiger charge is 2.03. The molecule has 1 aromatic carbocycles. The van der Waals surface area contributed by atoms with Gasteiger partial charge in [0.2, 0.25) is 0 Å². The van der Waals surface area contributed by atoms with Crippen LogP contribution in [0.2, 0.25) is 5.02 Å². The zero-order valence-electron chi connectivity index (χ0n) is 10.6. The number of methoxy groups -OCH3 is 1.